The number of piperidine rings is 1. The Bertz CT molecular complexity index is 878. The normalized spacial score (nSPS) is 18.7. The SMILES string of the molecule is Cc1ccc(C)c2c(C)c(C(=O)N3CCC(N4CCOC4=O)CC3)[nH]c12. The molecule has 6 heteroatoms. The van der Waals surface area contributed by atoms with Crippen molar-refractivity contribution in [1.82, 2.24) is 14.8 Å². The summed E-state index contributed by atoms with van der Waals surface area (Å²) < 4.78 is 5.04. The Balaban J connectivity index is 1.53. The van der Waals surface area contributed by atoms with Crippen LogP contribution in [-0.4, -0.2) is 59.1 Å². The number of carbonyl (C=O) groups excluding carboxylic acids is 2. The summed E-state index contributed by atoms with van der Waals surface area (Å²) >= 11 is 0. The predicted octanol–water partition coefficient (Wildman–Crippen LogP) is 3.15. The monoisotopic (exact) mass is 355 g/mol. The number of aromatic amines is 1. The topological polar surface area (TPSA) is 65.6 Å². The molecule has 4 rings (SSSR count). The molecule has 0 saturated carbocycles. The second kappa shape index (κ2) is 6.34. The van der Waals surface area contributed by atoms with Gasteiger partial charge in [-0.25, -0.2) is 4.79 Å². The number of hydrogen-bond acceptors (Lipinski definition) is 3. The van der Waals surface area contributed by atoms with Crippen LogP contribution in [0.2, 0.25) is 0 Å². The van der Waals surface area contributed by atoms with Gasteiger partial charge in [0.25, 0.3) is 5.91 Å². The van der Waals surface area contributed by atoms with Gasteiger partial charge in [-0.3, -0.25) is 4.79 Å². The summed E-state index contributed by atoms with van der Waals surface area (Å²) in [5, 5.41) is 1.16. The number of likely N-dealkylation sites (tertiary alicyclic amines) is 1. The highest BCUT2D eigenvalue weighted by atomic mass is 16.6. The second-order valence-electron chi connectivity index (χ2n) is 7.41. The second-order valence-corrected chi connectivity index (χ2v) is 7.41. The third-order valence-electron chi connectivity index (χ3n) is 5.82. The van der Waals surface area contributed by atoms with E-state index in [2.05, 4.69) is 31.0 Å². The van der Waals surface area contributed by atoms with Gasteiger partial charge in [0.05, 0.1) is 6.54 Å². The molecule has 2 saturated heterocycles. The quantitative estimate of drug-likeness (QED) is 0.900. The molecule has 26 heavy (non-hydrogen) atoms. The van der Waals surface area contributed by atoms with Crippen molar-refractivity contribution in [2.75, 3.05) is 26.2 Å². The Labute approximate surface area is 153 Å². The van der Waals surface area contributed by atoms with E-state index in [1.165, 1.54) is 5.56 Å². The zero-order valence-electron chi connectivity index (χ0n) is 15.6. The van der Waals surface area contributed by atoms with Crippen LogP contribution in [0.25, 0.3) is 10.9 Å². The molecule has 2 fully saturated rings. The van der Waals surface area contributed by atoms with Gasteiger partial charge in [0, 0.05) is 30.0 Å². The molecule has 6 nitrogen and oxygen atoms in total. The fraction of sp³-hybridized carbons (Fsp3) is 0.500. The smallest absolute Gasteiger partial charge is 0.410 e. The minimum Gasteiger partial charge on any atom is -0.448 e. The van der Waals surface area contributed by atoms with Crippen molar-refractivity contribution in [3.05, 3.63) is 34.5 Å². The molecule has 1 aromatic heterocycles. The van der Waals surface area contributed by atoms with E-state index in [-0.39, 0.29) is 18.0 Å². The van der Waals surface area contributed by atoms with E-state index in [4.69, 9.17) is 4.74 Å². The van der Waals surface area contributed by atoms with Crippen LogP contribution in [0.15, 0.2) is 12.1 Å². The third-order valence-corrected chi connectivity index (χ3v) is 5.82. The Morgan fingerprint density at radius 2 is 1.81 bits per heavy atom. The van der Waals surface area contributed by atoms with Crippen LogP contribution in [-0.2, 0) is 4.74 Å². The van der Waals surface area contributed by atoms with Crippen molar-refractivity contribution in [2.24, 2.45) is 0 Å². The Morgan fingerprint density at radius 1 is 1.12 bits per heavy atom. The summed E-state index contributed by atoms with van der Waals surface area (Å²) in [5.41, 5.74) is 5.11. The first-order valence-electron chi connectivity index (χ1n) is 9.28. The fourth-order valence-electron chi connectivity index (χ4n) is 4.29. The molecule has 0 spiro atoms. The molecular formula is C20H25N3O3. The summed E-state index contributed by atoms with van der Waals surface area (Å²) in [5.74, 6) is 0.0555. The molecule has 2 amide bonds. The van der Waals surface area contributed by atoms with Crippen molar-refractivity contribution >= 4 is 22.9 Å². The number of amides is 2. The average Bonchev–Trinajstić information content (AvgIpc) is 3.22. The number of H-pyrrole nitrogens is 1. The minimum atomic E-state index is -0.216. The number of fused-ring (bicyclic) bond motifs is 1. The highest BCUT2D eigenvalue weighted by molar-refractivity contribution is 6.02. The molecule has 2 aromatic rings. The number of benzene rings is 1. The molecule has 0 radical (unpaired) electrons. The molecule has 1 aromatic carbocycles. The van der Waals surface area contributed by atoms with Crippen LogP contribution < -0.4 is 0 Å². The summed E-state index contributed by atoms with van der Waals surface area (Å²) in [4.78, 5) is 31.9. The molecule has 0 aliphatic carbocycles. The van der Waals surface area contributed by atoms with Crippen molar-refractivity contribution in [3.63, 3.8) is 0 Å². The van der Waals surface area contributed by atoms with Crippen molar-refractivity contribution in [1.29, 1.82) is 0 Å². The number of cyclic esters (lactones) is 1. The maximum Gasteiger partial charge on any atom is 0.410 e. The fourth-order valence-corrected chi connectivity index (χ4v) is 4.29. The van der Waals surface area contributed by atoms with E-state index in [1.54, 1.807) is 0 Å². The van der Waals surface area contributed by atoms with E-state index >= 15 is 0 Å². The number of nitrogens with zero attached hydrogens (tertiary/aromatic N) is 2. The zero-order valence-corrected chi connectivity index (χ0v) is 15.6. The van der Waals surface area contributed by atoms with E-state index in [1.807, 2.05) is 16.7 Å². The lowest BCUT2D eigenvalue weighted by Crippen LogP contribution is -2.47. The molecule has 1 N–H and O–H groups in total. The first kappa shape index (κ1) is 16.9. The van der Waals surface area contributed by atoms with Gasteiger partial charge in [0.1, 0.15) is 12.3 Å². The molecular weight excluding hydrogens is 330 g/mol. The van der Waals surface area contributed by atoms with Gasteiger partial charge in [-0.1, -0.05) is 12.1 Å². The molecule has 2 aliphatic rings. The largest absolute Gasteiger partial charge is 0.448 e. The van der Waals surface area contributed by atoms with Crippen LogP contribution >= 0.6 is 0 Å². The van der Waals surface area contributed by atoms with E-state index in [0.717, 1.165) is 34.9 Å². The van der Waals surface area contributed by atoms with Crippen molar-refractivity contribution < 1.29 is 14.3 Å². The zero-order chi connectivity index (χ0) is 18.4. The van der Waals surface area contributed by atoms with Crippen LogP contribution in [0.1, 0.15) is 40.0 Å². The number of nitrogens with one attached hydrogen (secondary N) is 1. The van der Waals surface area contributed by atoms with E-state index in [9.17, 15) is 9.59 Å². The summed E-state index contributed by atoms with van der Waals surface area (Å²) in [6, 6.07) is 4.37. The average molecular weight is 355 g/mol. The number of hydrogen-bond donors (Lipinski definition) is 1. The number of aromatic nitrogens is 1. The number of ether oxygens (including phenoxy) is 1. The lowest BCUT2D eigenvalue weighted by atomic mass is 10.0. The number of carbonyl (C=O) groups is 2. The van der Waals surface area contributed by atoms with Gasteiger partial charge >= 0.3 is 6.09 Å². The van der Waals surface area contributed by atoms with Crippen LogP contribution in [0.3, 0.4) is 0 Å². The van der Waals surface area contributed by atoms with Gasteiger partial charge in [-0.05, 0) is 50.3 Å². The van der Waals surface area contributed by atoms with Gasteiger partial charge < -0.3 is 19.5 Å². The summed E-state index contributed by atoms with van der Waals surface area (Å²) in [7, 11) is 0. The molecule has 2 aliphatic heterocycles. The lowest BCUT2D eigenvalue weighted by Gasteiger charge is -2.35. The van der Waals surface area contributed by atoms with Gasteiger partial charge in [-0.15, -0.1) is 0 Å². The summed E-state index contributed by atoms with van der Waals surface area (Å²) in [6.45, 7) is 8.64. The standard InChI is InChI=1S/C20H25N3O3/c1-12-4-5-13(2)17-16(12)14(3)18(21-17)19(24)22-8-6-15(7-9-22)23-10-11-26-20(23)25/h4-5,15,21H,6-11H2,1-3H3. The predicted molar refractivity (Wildman–Crippen MR) is 99.5 cm³/mol. The first-order chi connectivity index (χ1) is 12.5. The van der Waals surface area contributed by atoms with Crippen LogP contribution in [0.5, 0.6) is 0 Å². The molecule has 0 bridgehead atoms. The highest BCUT2D eigenvalue weighted by Gasteiger charge is 2.34. The Kier molecular flexibility index (Phi) is 4.13. The lowest BCUT2D eigenvalue weighted by molar-refractivity contribution is 0.0653. The third kappa shape index (κ3) is 2.64. The maximum absolute atomic E-state index is 13.1. The first-order valence-corrected chi connectivity index (χ1v) is 9.28. The Morgan fingerprint density at radius 3 is 2.42 bits per heavy atom. The number of rotatable bonds is 2. The van der Waals surface area contributed by atoms with Crippen LogP contribution in [0.4, 0.5) is 4.79 Å². The summed E-state index contributed by atoms with van der Waals surface area (Å²) in [6.07, 6.45) is 1.39. The molecule has 138 valence electrons. The van der Waals surface area contributed by atoms with E-state index < -0.39 is 0 Å². The van der Waals surface area contributed by atoms with Gasteiger partial charge in [0.2, 0.25) is 0 Å². The maximum atomic E-state index is 13.1. The van der Waals surface area contributed by atoms with E-state index in [0.29, 0.717) is 31.9 Å². The van der Waals surface area contributed by atoms with Crippen molar-refractivity contribution in [2.45, 2.75) is 39.7 Å². The van der Waals surface area contributed by atoms with Gasteiger partial charge in [0.15, 0.2) is 0 Å². The molecule has 0 atom stereocenters. The molecule has 3 heterocycles. The van der Waals surface area contributed by atoms with Crippen molar-refractivity contribution in [3.8, 4) is 0 Å². The number of aryl methyl sites for hydroxylation is 3. The van der Waals surface area contributed by atoms with Gasteiger partial charge in [-0.2, -0.15) is 0 Å². The Hall–Kier alpha value is -2.50. The molecule has 0 unspecified atom stereocenters. The minimum absolute atomic E-state index is 0.0555. The highest BCUT2D eigenvalue weighted by Crippen LogP contribution is 2.29. The van der Waals surface area contributed by atoms with Crippen LogP contribution in [0, 0.1) is 20.8 Å².